The molecule has 0 aliphatic heterocycles. The minimum atomic E-state index is 0.432. The van der Waals surface area contributed by atoms with Crippen LogP contribution in [-0.2, 0) is 0 Å². The van der Waals surface area contributed by atoms with Crippen molar-refractivity contribution in [1.82, 2.24) is 5.43 Å². The molecule has 0 spiro atoms. The summed E-state index contributed by atoms with van der Waals surface area (Å²) in [6, 6.07) is 0.432. The first-order chi connectivity index (χ1) is 6.20. The topological polar surface area (TPSA) is 38.0 Å². The zero-order valence-electron chi connectivity index (χ0n) is 8.75. The van der Waals surface area contributed by atoms with Gasteiger partial charge >= 0.3 is 0 Å². The first-order valence-electron chi connectivity index (χ1n) is 4.85. The van der Waals surface area contributed by atoms with E-state index in [1.54, 1.807) is 0 Å². The fourth-order valence-electron chi connectivity index (χ4n) is 0.980. The van der Waals surface area contributed by atoms with Gasteiger partial charge in [-0.15, -0.1) is 6.58 Å². The van der Waals surface area contributed by atoms with Crippen LogP contribution in [0, 0.1) is 5.92 Å². The van der Waals surface area contributed by atoms with Gasteiger partial charge in [0.25, 0.3) is 0 Å². The minimum absolute atomic E-state index is 0.432. The molecule has 3 heteroatoms. The Hall–Kier alpha value is 0.01000. The van der Waals surface area contributed by atoms with Gasteiger partial charge in [-0.1, -0.05) is 19.9 Å². The molecule has 0 amide bonds. The second-order valence-corrected chi connectivity index (χ2v) is 4.74. The zero-order chi connectivity index (χ0) is 10.1. The van der Waals surface area contributed by atoms with Crippen molar-refractivity contribution >= 4 is 11.8 Å². The molecule has 0 rings (SSSR count). The van der Waals surface area contributed by atoms with E-state index in [4.69, 9.17) is 5.84 Å². The molecule has 1 unspecified atom stereocenters. The van der Waals surface area contributed by atoms with Gasteiger partial charge in [-0.05, 0) is 24.5 Å². The summed E-state index contributed by atoms with van der Waals surface area (Å²) >= 11 is 1.97. The fourth-order valence-corrected chi connectivity index (χ4v) is 2.13. The van der Waals surface area contributed by atoms with Gasteiger partial charge < -0.3 is 0 Å². The Kier molecular flexibility index (Phi) is 8.61. The average molecular weight is 202 g/mol. The summed E-state index contributed by atoms with van der Waals surface area (Å²) in [7, 11) is 0. The summed E-state index contributed by atoms with van der Waals surface area (Å²) in [4.78, 5) is 0. The van der Waals surface area contributed by atoms with Gasteiger partial charge in [-0.2, -0.15) is 11.8 Å². The largest absolute Gasteiger partial charge is 0.271 e. The maximum Gasteiger partial charge on any atom is 0.0304 e. The second-order valence-electron chi connectivity index (χ2n) is 3.66. The number of allylic oxidation sites excluding steroid dienone is 1. The van der Waals surface area contributed by atoms with Crippen molar-refractivity contribution in [3.63, 3.8) is 0 Å². The van der Waals surface area contributed by atoms with Crippen LogP contribution in [0.5, 0.6) is 0 Å². The van der Waals surface area contributed by atoms with Crippen molar-refractivity contribution in [2.45, 2.75) is 32.7 Å². The standard InChI is InChI=1S/C10H22N2S/c1-4-5-6-10(12-11)8-13-7-9(2)3/h4,9-10,12H,1,5-8,11H2,2-3H3. The molecule has 0 bridgehead atoms. The summed E-state index contributed by atoms with van der Waals surface area (Å²) in [5.74, 6) is 8.51. The number of nitrogens with two attached hydrogens (primary N) is 1. The van der Waals surface area contributed by atoms with Crippen molar-refractivity contribution < 1.29 is 0 Å². The van der Waals surface area contributed by atoms with Crippen LogP contribution in [0.1, 0.15) is 26.7 Å². The molecule has 0 saturated heterocycles. The number of rotatable bonds is 8. The highest BCUT2D eigenvalue weighted by Gasteiger charge is 2.05. The molecule has 13 heavy (non-hydrogen) atoms. The SMILES string of the molecule is C=CCCC(CSCC(C)C)NN. The summed E-state index contributed by atoms with van der Waals surface area (Å²) in [5, 5.41) is 0. The predicted octanol–water partition coefficient (Wildman–Crippen LogP) is 2.17. The van der Waals surface area contributed by atoms with E-state index in [-0.39, 0.29) is 0 Å². The molecule has 0 saturated carbocycles. The van der Waals surface area contributed by atoms with E-state index in [1.165, 1.54) is 5.75 Å². The van der Waals surface area contributed by atoms with Gasteiger partial charge in [0.15, 0.2) is 0 Å². The molecule has 0 aliphatic rings. The number of nitrogens with one attached hydrogen (secondary N) is 1. The first-order valence-corrected chi connectivity index (χ1v) is 6.01. The van der Waals surface area contributed by atoms with Gasteiger partial charge in [0.2, 0.25) is 0 Å². The van der Waals surface area contributed by atoms with Crippen molar-refractivity contribution in [1.29, 1.82) is 0 Å². The van der Waals surface area contributed by atoms with Crippen LogP contribution in [0.15, 0.2) is 12.7 Å². The highest BCUT2D eigenvalue weighted by atomic mass is 32.2. The van der Waals surface area contributed by atoms with E-state index in [1.807, 2.05) is 17.8 Å². The highest BCUT2D eigenvalue weighted by Crippen LogP contribution is 2.11. The van der Waals surface area contributed by atoms with E-state index in [0.717, 1.165) is 24.5 Å². The lowest BCUT2D eigenvalue weighted by molar-refractivity contribution is 0.543. The van der Waals surface area contributed by atoms with E-state index in [2.05, 4.69) is 25.9 Å². The molecule has 0 aromatic carbocycles. The molecular weight excluding hydrogens is 180 g/mol. The molecule has 0 aromatic heterocycles. The number of hydrogen-bond donors (Lipinski definition) is 2. The smallest absolute Gasteiger partial charge is 0.0304 e. The first kappa shape index (κ1) is 13.0. The Labute approximate surface area is 86.3 Å². The zero-order valence-corrected chi connectivity index (χ0v) is 9.57. The highest BCUT2D eigenvalue weighted by molar-refractivity contribution is 7.99. The molecule has 3 N–H and O–H groups in total. The van der Waals surface area contributed by atoms with Crippen molar-refractivity contribution in [3.8, 4) is 0 Å². The lowest BCUT2D eigenvalue weighted by atomic mass is 10.2. The maximum absolute atomic E-state index is 5.43. The van der Waals surface area contributed by atoms with Crippen LogP contribution in [0.4, 0.5) is 0 Å². The van der Waals surface area contributed by atoms with Crippen LogP contribution in [0.2, 0.25) is 0 Å². The van der Waals surface area contributed by atoms with Gasteiger partial charge in [0, 0.05) is 11.8 Å². The molecule has 0 aromatic rings. The monoisotopic (exact) mass is 202 g/mol. The summed E-state index contributed by atoms with van der Waals surface area (Å²) in [5.41, 5.74) is 2.84. The fraction of sp³-hybridized carbons (Fsp3) is 0.800. The lowest BCUT2D eigenvalue weighted by Crippen LogP contribution is -2.37. The quantitative estimate of drug-likeness (QED) is 0.360. The normalized spacial score (nSPS) is 13.2. The van der Waals surface area contributed by atoms with Crippen molar-refractivity contribution in [2.75, 3.05) is 11.5 Å². The predicted molar refractivity (Wildman–Crippen MR) is 62.7 cm³/mol. The summed E-state index contributed by atoms with van der Waals surface area (Å²) < 4.78 is 0. The third-order valence-electron chi connectivity index (χ3n) is 1.73. The Morgan fingerprint density at radius 3 is 2.62 bits per heavy atom. The summed E-state index contributed by atoms with van der Waals surface area (Å²) in [6.45, 7) is 8.18. The number of thioether (sulfide) groups is 1. The molecule has 1 atom stereocenters. The van der Waals surface area contributed by atoms with Gasteiger partial charge in [0.05, 0.1) is 0 Å². The van der Waals surface area contributed by atoms with Gasteiger partial charge in [-0.3, -0.25) is 11.3 Å². The molecule has 0 heterocycles. The van der Waals surface area contributed by atoms with Crippen LogP contribution in [-0.4, -0.2) is 17.5 Å². The number of hydrogen-bond acceptors (Lipinski definition) is 3. The van der Waals surface area contributed by atoms with Crippen LogP contribution in [0.3, 0.4) is 0 Å². The average Bonchev–Trinajstić information content (AvgIpc) is 2.10. The van der Waals surface area contributed by atoms with E-state index >= 15 is 0 Å². The van der Waals surface area contributed by atoms with E-state index in [0.29, 0.717) is 6.04 Å². The van der Waals surface area contributed by atoms with Crippen LogP contribution < -0.4 is 11.3 Å². The van der Waals surface area contributed by atoms with Crippen molar-refractivity contribution in [2.24, 2.45) is 11.8 Å². The Balaban J connectivity index is 3.41. The second kappa shape index (κ2) is 8.60. The van der Waals surface area contributed by atoms with Crippen molar-refractivity contribution in [3.05, 3.63) is 12.7 Å². The van der Waals surface area contributed by atoms with E-state index < -0.39 is 0 Å². The van der Waals surface area contributed by atoms with Gasteiger partial charge in [-0.25, -0.2) is 0 Å². The van der Waals surface area contributed by atoms with Gasteiger partial charge in [0.1, 0.15) is 0 Å². The molecule has 0 aliphatic carbocycles. The molecule has 2 nitrogen and oxygen atoms in total. The Bertz CT molecular complexity index is 126. The Morgan fingerprint density at radius 1 is 1.46 bits per heavy atom. The molecule has 0 radical (unpaired) electrons. The molecular formula is C10H22N2S. The van der Waals surface area contributed by atoms with Crippen LogP contribution >= 0.6 is 11.8 Å². The van der Waals surface area contributed by atoms with Crippen LogP contribution in [0.25, 0.3) is 0 Å². The number of hydrazine groups is 1. The lowest BCUT2D eigenvalue weighted by Gasteiger charge is -2.14. The molecule has 0 fully saturated rings. The van der Waals surface area contributed by atoms with E-state index in [9.17, 15) is 0 Å². The third kappa shape index (κ3) is 8.34. The minimum Gasteiger partial charge on any atom is -0.271 e. The molecule has 78 valence electrons. The third-order valence-corrected chi connectivity index (χ3v) is 3.27. The maximum atomic E-state index is 5.43. The summed E-state index contributed by atoms with van der Waals surface area (Å²) in [6.07, 6.45) is 4.07. The Morgan fingerprint density at radius 2 is 2.15 bits per heavy atom.